The van der Waals surface area contributed by atoms with Gasteiger partial charge in [-0.25, -0.2) is 0 Å². The van der Waals surface area contributed by atoms with Gasteiger partial charge in [0, 0.05) is 6.04 Å². The van der Waals surface area contributed by atoms with E-state index in [1.165, 1.54) is 38.6 Å². The van der Waals surface area contributed by atoms with E-state index in [2.05, 4.69) is 26.1 Å². The summed E-state index contributed by atoms with van der Waals surface area (Å²) in [7, 11) is 0. The van der Waals surface area contributed by atoms with Crippen molar-refractivity contribution in [2.24, 2.45) is 17.3 Å². The molecule has 0 aromatic rings. The molecule has 14 heavy (non-hydrogen) atoms. The van der Waals surface area contributed by atoms with Crippen LogP contribution < -0.4 is 5.32 Å². The monoisotopic (exact) mass is 195 g/mol. The van der Waals surface area contributed by atoms with Crippen molar-refractivity contribution in [3.63, 3.8) is 0 Å². The third kappa shape index (κ3) is 2.73. The highest BCUT2D eigenvalue weighted by Crippen LogP contribution is 2.38. The largest absolute Gasteiger partial charge is 0.314 e. The highest BCUT2D eigenvalue weighted by molar-refractivity contribution is 4.87. The second-order valence-corrected chi connectivity index (χ2v) is 6.32. The Morgan fingerprint density at radius 2 is 1.79 bits per heavy atom. The quantitative estimate of drug-likeness (QED) is 0.729. The molecule has 0 radical (unpaired) electrons. The van der Waals surface area contributed by atoms with Crippen LogP contribution in [0.1, 0.15) is 52.9 Å². The van der Waals surface area contributed by atoms with Crippen molar-refractivity contribution in [3.05, 3.63) is 0 Å². The standard InChI is InChI=1S/C13H25N/c1-10-8-11(10)9-14-12-4-6-13(2,3)7-5-12/h10-12,14H,4-9H2,1-3H3. The van der Waals surface area contributed by atoms with E-state index >= 15 is 0 Å². The second kappa shape index (κ2) is 3.84. The molecule has 1 heteroatoms. The van der Waals surface area contributed by atoms with Gasteiger partial charge in [0.15, 0.2) is 0 Å². The average molecular weight is 195 g/mol. The van der Waals surface area contributed by atoms with Gasteiger partial charge in [0.2, 0.25) is 0 Å². The van der Waals surface area contributed by atoms with E-state index in [1.54, 1.807) is 0 Å². The maximum absolute atomic E-state index is 3.75. The summed E-state index contributed by atoms with van der Waals surface area (Å²) >= 11 is 0. The van der Waals surface area contributed by atoms with Crippen LogP contribution in [0, 0.1) is 17.3 Å². The van der Waals surface area contributed by atoms with Crippen LogP contribution in [-0.2, 0) is 0 Å². The Morgan fingerprint density at radius 1 is 1.21 bits per heavy atom. The van der Waals surface area contributed by atoms with E-state index in [4.69, 9.17) is 0 Å². The summed E-state index contributed by atoms with van der Waals surface area (Å²) in [4.78, 5) is 0. The summed E-state index contributed by atoms with van der Waals surface area (Å²) in [5, 5.41) is 3.75. The smallest absolute Gasteiger partial charge is 0.00675 e. The summed E-state index contributed by atoms with van der Waals surface area (Å²) in [6, 6.07) is 0.829. The highest BCUT2D eigenvalue weighted by Gasteiger charge is 2.33. The lowest BCUT2D eigenvalue weighted by atomic mass is 9.75. The zero-order chi connectivity index (χ0) is 10.2. The molecule has 2 aliphatic rings. The molecule has 0 heterocycles. The molecule has 1 nitrogen and oxygen atoms in total. The van der Waals surface area contributed by atoms with Crippen LogP contribution in [0.25, 0.3) is 0 Å². The topological polar surface area (TPSA) is 12.0 Å². The first-order valence-corrected chi connectivity index (χ1v) is 6.30. The third-order valence-corrected chi connectivity index (χ3v) is 4.28. The summed E-state index contributed by atoms with van der Waals surface area (Å²) in [5.74, 6) is 2.01. The first-order chi connectivity index (χ1) is 6.57. The van der Waals surface area contributed by atoms with E-state index in [9.17, 15) is 0 Å². The molecule has 0 aliphatic heterocycles. The Morgan fingerprint density at radius 3 is 2.29 bits per heavy atom. The molecule has 82 valence electrons. The molecular formula is C13H25N. The van der Waals surface area contributed by atoms with E-state index in [1.807, 2.05) is 0 Å². The van der Waals surface area contributed by atoms with Crippen LogP contribution in [0.15, 0.2) is 0 Å². The molecule has 2 fully saturated rings. The normalized spacial score (nSPS) is 37.1. The summed E-state index contributed by atoms with van der Waals surface area (Å²) in [5.41, 5.74) is 0.616. The third-order valence-electron chi connectivity index (χ3n) is 4.28. The van der Waals surface area contributed by atoms with Crippen LogP contribution in [0.4, 0.5) is 0 Å². The lowest BCUT2D eigenvalue weighted by molar-refractivity contribution is 0.205. The van der Waals surface area contributed by atoms with Gasteiger partial charge in [-0.15, -0.1) is 0 Å². The SMILES string of the molecule is CC1CC1CNC1CCC(C)(C)CC1. The predicted octanol–water partition coefficient (Wildman–Crippen LogP) is 3.20. The van der Waals surface area contributed by atoms with Gasteiger partial charge >= 0.3 is 0 Å². The molecule has 2 aliphatic carbocycles. The summed E-state index contributed by atoms with van der Waals surface area (Å²) in [6.45, 7) is 8.47. The van der Waals surface area contributed by atoms with Crippen molar-refractivity contribution in [1.29, 1.82) is 0 Å². The summed E-state index contributed by atoms with van der Waals surface area (Å²) < 4.78 is 0. The van der Waals surface area contributed by atoms with Crippen molar-refractivity contribution in [2.75, 3.05) is 6.54 Å². The Kier molecular flexibility index (Phi) is 2.88. The minimum atomic E-state index is 0.616. The molecule has 2 atom stereocenters. The number of nitrogens with one attached hydrogen (secondary N) is 1. The summed E-state index contributed by atoms with van der Waals surface area (Å²) in [6.07, 6.45) is 7.07. The maximum atomic E-state index is 3.75. The Hall–Kier alpha value is -0.0400. The van der Waals surface area contributed by atoms with Gasteiger partial charge in [-0.2, -0.15) is 0 Å². The Labute approximate surface area is 88.7 Å². The number of rotatable bonds is 3. The molecule has 0 spiro atoms. The first-order valence-electron chi connectivity index (χ1n) is 6.30. The fourth-order valence-electron chi connectivity index (χ4n) is 2.60. The van der Waals surface area contributed by atoms with E-state index in [0.717, 1.165) is 17.9 Å². The van der Waals surface area contributed by atoms with Crippen molar-refractivity contribution in [1.82, 2.24) is 5.32 Å². The molecule has 1 N–H and O–H groups in total. The molecule has 0 amide bonds. The van der Waals surface area contributed by atoms with Crippen molar-refractivity contribution >= 4 is 0 Å². The van der Waals surface area contributed by atoms with E-state index in [0.29, 0.717) is 5.41 Å². The van der Waals surface area contributed by atoms with Crippen LogP contribution in [0.5, 0.6) is 0 Å². The zero-order valence-electron chi connectivity index (χ0n) is 9.97. The number of hydrogen-bond donors (Lipinski definition) is 1. The average Bonchev–Trinajstić information content (AvgIpc) is 2.80. The van der Waals surface area contributed by atoms with Crippen LogP contribution in [0.2, 0.25) is 0 Å². The predicted molar refractivity (Wildman–Crippen MR) is 61.3 cm³/mol. The van der Waals surface area contributed by atoms with Gasteiger partial charge in [-0.1, -0.05) is 20.8 Å². The Balaban J connectivity index is 1.63. The molecule has 2 rings (SSSR count). The van der Waals surface area contributed by atoms with E-state index in [-0.39, 0.29) is 0 Å². The van der Waals surface area contributed by atoms with Gasteiger partial charge in [-0.05, 0) is 55.9 Å². The van der Waals surface area contributed by atoms with Crippen LogP contribution in [-0.4, -0.2) is 12.6 Å². The van der Waals surface area contributed by atoms with Crippen molar-refractivity contribution in [3.8, 4) is 0 Å². The van der Waals surface area contributed by atoms with Crippen molar-refractivity contribution in [2.45, 2.75) is 58.9 Å². The highest BCUT2D eigenvalue weighted by atomic mass is 14.9. The molecule has 0 aromatic heterocycles. The molecule has 2 unspecified atom stereocenters. The van der Waals surface area contributed by atoms with Crippen LogP contribution in [0.3, 0.4) is 0 Å². The van der Waals surface area contributed by atoms with E-state index < -0.39 is 0 Å². The van der Waals surface area contributed by atoms with Crippen LogP contribution >= 0.6 is 0 Å². The maximum Gasteiger partial charge on any atom is 0.00675 e. The van der Waals surface area contributed by atoms with Gasteiger partial charge in [0.05, 0.1) is 0 Å². The molecule has 0 aromatic carbocycles. The fraction of sp³-hybridized carbons (Fsp3) is 1.00. The van der Waals surface area contributed by atoms with Gasteiger partial charge < -0.3 is 5.32 Å². The van der Waals surface area contributed by atoms with Gasteiger partial charge in [0.25, 0.3) is 0 Å². The van der Waals surface area contributed by atoms with Gasteiger partial charge in [-0.3, -0.25) is 0 Å². The lowest BCUT2D eigenvalue weighted by Gasteiger charge is -2.34. The second-order valence-electron chi connectivity index (χ2n) is 6.32. The zero-order valence-corrected chi connectivity index (χ0v) is 9.97. The molecular weight excluding hydrogens is 170 g/mol. The minimum Gasteiger partial charge on any atom is -0.314 e. The van der Waals surface area contributed by atoms with Crippen molar-refractivity contribution < 1.29 is 0 Å². The Bertz CT molecular complexity index is 187. The minimum absolute atomic E-state index is 0.616. The van der Waals surface area contributed by atoms with Gasteiger partial charge in [0.1, 0.15) is 0 Å². The molecule has 2 saturated carbocycles. The lowest BCUT2D eigenvalue weighted by Crippen LogP contribution is -2.36. The first kappa shape index (κ1) is 10.5. The molecule has 0 bridgehead atoms. The molecule has 0 saturated heterocycles. The number of hydrogen-bond acceptors (Lipinski definition) is 1. The fourth-order valence-corrected chi connectivity index (χ4v) is 2.60.